The Morgan fingerprint density at radius 3 is 2.28 bits per heavy atom. The number of para-hydroxylation sites is 2. The zero-order valence-electron chi connectivity index (χ0n) is 20.3. The predicted octanol–water partition coefficient (Wildman–Crippen LogP) is 4.44. The van der Waals surface area contributed by atoms with Gasteiger partial charge >= 0.3 is 0 Å². The summed E-state index contributed by atoms with van der Waals surface area (Å²) in [7, 11) is -3.75. The van der Waals surface area contributed by atoms with Gasteiger partial charge in [-0.15, -0.1) is 0 Å². The van der Waals surface area contributed by atoms with E-state index in [-0.39, 0.29) is 6.54 Å². The largest absolute Gasteiger partial charge is 0.457 e. The van der Waals surface area contributed by atoms with E-state index in [1.807, 2.05) is 72.3 Å². The van der Waals surface area contributed by atoms with Crippen LogP contribution in [0.2, 0.25) is 0 Å². The smallest absolute Gasteiger partial charge is 0.243 e. The first-order valence-electron chi connectivity index (χ1n) is 11.4. The van der Waals surface area contributed by atoms with Crippen LogP contribution in [0, 0.1) is 6.92 Å². The van der Waals surface area contributed by atoms with Crippen molar-refractivity contribution in [1.29, 1.82) is 0 Å². The molecule has 9 heteroatoms. The van der Waals surface area contributed by atoms with Gasteiger partial charge in [-0.3, -0.25) is 9.10 Å². The van der Waals surface area contributed by atoms with E-state index >= 15 is 0 Å². The molecule has 3 aromatic carbocycles. The van der Waals surface area contributed by atoms with E-state index in [2.05, 4.69) is 10.3 Å². The third kappa shape index (κ3) is 5.75. The third-order valence-electron chi connectivity index (χ3n) is 5.69. The van der Waals surface area contributed by atoms with Crippen LogP contribution in [0.5, 0.6) is 11.5 Å². The fourth-order valence-electron chi connectivity index (χ4n) is 3.95. The molecule has 36 heavy (non-hydrogen) atoms. The molecule has 8 nitrogen and oxygen atoms in total. The van der Waals surface area contributed by atoms with Crippen LogP contribution < -0.4 is 14.4 Å². The minimum absolute atomic E-state index is 0.235. The lowest BCUT2D eigenvalue weighted by Gasteiger charge is -2.28. The maximum Gasteiger partial charge on any atom is 0.243 e. The van der Waals surface area contributed by atoms with Crippen LogP contribution in [0.25, 0.3) is 5.69 Å². The average molecular weight is 505 g/mol. The lowest BCUT2D eigenvalue weighted by Crippen LogP contribution is -2.47. The van der Waals surface area contributed by atoms with E-state index in [9.17, 15) is 13.2 Å². The second-order valence-electron chi connectivity index (χ2n) is 8.33. The summed E-state index contributed by atoms with van der Waals surface area (Å²) in [6, 6.07) is 22.6. The molecule has 0 unspecified atom stereocenters. The highest BCUT2D eigenvalue weighted by Crippen LogP contribution is 2.27. The molecule has 186 valence electrons. The van der Waals surface area contributed by atoms with Crippen molar-refractivity contribution in [2.24, 2.45) is 0 Å². The SMILES string of the molecule is Cc1nccn1-c1ccccc1CNC(=O)[C@H](C)N(c1ccc(Oc2ccccc2)cc1)S(C)(=O)=O. The Morgan fingerprint density at radius 2 is 1.64 bits per heavy atom. The number of sulfonamides is 1. The molecule has 4 aromatic rings. The normalized spacial score (nSPS) is 12.1. The van der Waals surface area contributed by atoms with Gasteiger partial charge in [0, 0.05) is 18.9 Å². The van der Waals surface area contributed by atoms with Crippen LogP contribution in [-0.2, 0) is 21.4 Å². The van der Waals surface area contributed by atoms with Crippen LogP contribution in [0.3, 0.4) is 0 Å². The Kier molecular flexibility index (Phi) is 7.40. The van der Waals surface area contributed by atoms with Gasteiger partial charge in [-0.1, -0.05) is 36.4 Å². The predicted molar refractivity (Wildman–Crippen MR) is 140 cm³/mol. The van der Waals surface area contributed by atoms with Crippen molar-refractivity contribution in [2.75, 3.05) is 10.6 Å². The highest BCUT2D eigenvalue weighted by molar-refractivity contribution is 7.92. The molecule has 0 bridgehead atoms. The zero-order valence-corrected chi connectivity index (χ0v) is 21.1. The minimum atomic E-state index is -3.75. The third-order valence-corrected chi connectivity index (χ3v) is 6.93. The Hall–Kier alpha value is -4.11. The highest BCUT2D eigenvalue weighted by atomic mass is 32.2. The molecule has 1 amide bonds. The number of imidazole rings is 1. The summed E-state index contributed by atoms with van der Waals surface area (Å²) in [5, 5.41) is 2.88. The number of benzene rings is 3. The summed E-state index contributed by atoms with van der Waals surface area (Å²) < 4.78 is 34.2. The van der Waals surface area contributed by atoms with Crippen LogP contribution in [0.15, 0.2) is 91.3 Å². The molecule has 0 fully saturated rings. The molecular weight excluding hydrogens is 476 g/mol. The molecule has 1 N–H and O–H groups in total. The molecule has 1 heterocycles. The van der Waals surface area contributed by atoms with Crippen molar-refractivity contribution in [3.8, 4) is 17.2 Å². The Bertz CT molecular complexity index is 1430. The number of amides is 1. The number of aryl methyl sites for hydroxylation is 1. The average Bonchev–Trinajstić information content (AvgIpc) is 3.29. The van der Waals surface area contributed by atoms with Crippen molar-refractivity contribution < 1.29 is 17.9 Å². The lowest BCUT2D eigenvalue weighted by molar-refractivity contribution is -0.122. The van der Waals surface area contributed by atoms with Gasteiger partial charge in [0.25, 0.3) is 0 Å². The fraction of sp³-hybridized carbons (Fsp3) is 0.185. The molecule has 4 rings (SSSR count). The van der Waals surface area contributed by atoms with Gasteiger partial charge in [-0.25, -0.2) is 13.4 Å². The monoisotopic (exact) mass is 504 g/mol. The minimum Gasteiger partial charge on any atom is -0.457 e. The molecule has 0 spiro atoms. The first-order chi connectivity index (χ1) is 17.2. The van der Waals surface area contributed by atoms with Gasteiger partial charge in [-0.2, -0.15) is 0 Å². The molecule has 0 aliphatic rings. The number of hydrogen-bond acceptors (Lipinski definition) is 5. The fourth-order valence-corrected chi connectivity index (χ4v) is 5.13. The molecule has 0 saturated heterocycles. The number of nitrogens with one attached hydrogen (secondary N) is 1. The quantitative estimate of drug-likeness (QED) is 0.364. The maximum absolute atomic E-state index is 13.1. The van der Waals surface area contributed by atoms with Gasteiger partial charge in [0.05, 0.1) is 17.6 Å². The molecule has 0 aliphatic carbocycles. The van der Waals surface area contributed by atoms with Gasteiger partial charge in [-0.05, 0) is 61.9 Å². The van der Waals surface area contributed by atoms with Gasteiger partial charge in [0.15, 0.2) is 0 Å². The first-order valence-corrected chi connectivity index (χ1v) is 13.3. The molecule has 0 radical (unpaired) electrons. The molecule has 1 atom stereocenters. The summed E-state index contributed by atoms with van der Waals surface area (Å²) in [6.07, 6.45) is 4.66. The Labute approximate surface area is 211 Å². The molecule has 0 saturated carbocycles. The van der Waals surface area contributed by atoms with Crippen LogP contribution >= 0.6 is 0 Å². The van der Waals surface area contributed by atoms with Crippen LogP contribution in [0.4, 0.5) is 5.69 Å². The summed E-state index contributed by atoms with van der Waals surface area (Å²) in [6.45, 7) is 3.70. The van der Waals surface area contributed by atoms with E-state index in [1.54, 1.807) is 37.4 Å². The number of hydrogen-bond donors (Lipinski definition) is 1. The number of ether oxygens (including phenoxy) is 1. The van der Waals surface area contributed by atoms with Crippen molar-refractivity contribution in [2.45, 2.75) is 26.4 Å². The summed E-state index contributed by atoms with van der Waals surface area (Å²) >= 11 is 0. The number of carbonyl (C=O) groups excluding carboxylic acids is 1. The van der Waals surface area contributed by atoms with E-state index in [1.165, 1.54) is 0 Å². The van der Waals surface area contributed by atoms with E-state index in [0.29, 0.717) is 17.2 Å². The maximum atomic E-state index is 13.1. The van der Waals surface area contributed by atoms with Crippen molar-refractivity contribution in [1.82, 2.24) is 14.9 Å². The van der Waals surface area contributed by atoms with Crippen molar-refractivity contribution in [3.05, 3.63) is 103 Å². The lowest BCUT2D eigenvalue weighted by atomic mass is 10.1. The Balaban J connectivity index is 1.50. The van der Waals surface area contributed by atoms with E-state index < -0.39 is 22.0 Å². The number of nitrogens with zero attached hydrogens (tertiary/aromatic N) is 3. The highest BCUT2D eigenvalue weighted by Gasteiger charge is 2.29. The first kappa shape index (κ1) is 25.0. The Morgan fingerprint density at radius 1 is 1.00 bits per heavy atom. The number of rotatable bonds is 9. The summed E-state index contributed by atoms with van der Waals surface area (Å²) in [5.41, 5.74) is 2.15. The van der Waals surface area contributed by atoms with Gasteiger partial charge in [0.2, 0.25) is 15.9 Å². The zero-order chi connectivity index (χ0) is 25.7. The number of aromatic nitrogens is 2. The summed E-state index contributed by atoms with van der Waals surface area (Å²) in [5.74, 6) is 1.64. The molecular formula is C27H28N4O4S. The number of carbonyl (C=O) groups is 1. The second-order valence-corrected chi connectivity index (χ2v) is 10.2. The van der Waals surface area contributed by atoms with Crippen LogP contribution in [0.1, 0.15) is 18.3 Å². The van der Waals surface area contributed by atoms with E-state index in [0.717, 1.165) is 27.6 Å². The standard InChI is InChI=1S/C27H28N4O4S/c1-20(27(32)29-19-22-9-7-8-12-26(22)30-18-17-28-21(30)2)31(36(3,33)34)23-13-15-25(16-14-23)35-24-10-5-4-6-11-24/h4-18,20H,19H2,1-3H3,(H,29,32)/t20-/m0/s1. The number of anilines is 1. The van der Waals surface area contributed by atoms with Crippen molar-refractivity contribution in [3.63, 3.8) is 0 Å². The molecule has 1 aromatic heterocycles. The topological polar surface area (TPSA) is 93.5 Å². The summed E-state index contributed by atoms with van der Waals surface area (Å²) in [4.78, 5) is 17.4. The van der Waals surface area contributed by atoms with Crippen molar-refractivity contribution >= 4 is 21.6 Å². The second kappa shape index (κ2) is 10.7. The van der Waals surface area contributed by atoms with Gasteiger partial charge < -0.3 is 14.6 Å². The van der Waals surface area contributed by atoms with Gasteiger partial charge in [0.1, 0.15) is 23.4 Å². The van der Waals surface area contributed by atoms with E-state index in [4.69, 9.17) is 4.74 Å². The molecule has 0 aliphatic heterocycles. The van der Waals surface area contributed by atoms with Crippen LogP contribution in [-0.4, -0.2) is 36.2 Å².